The fraction of sp³-hybridized carbons (Fsp3) is 0.542. The lowest BCUT2D eigenvalue weighted by molar-refractivity contribution is -0.153. The van der Waals surface area contributed by atoms with Gasteiger partial charge in [0.1, 0.15) is 11.5 Å². The Bertz CT molecular complexity index is 1190. The minimum Gasteiger partial charge on any atom is -0.352 e. The van der Waals surface area contributed by atoms with Crippen molar-refractivity contribution in [3.05, 3.63) is 40.3 Å². The molecule has 5 rings (SSSR count). The summed E-state index contributed by atoms with van der Waals surface area (Å²) in [6.07, 6.45) is 7.47. The lowest BCUT2D eigenvalue weighted by Gasteiger charge is -2.50. The molecule has 33 heavy (non-hydrogen) atoms. The van der Waals surface area contributed by atoms with Crippen LogP contribution >= 0.6 is 0 Å². The van der Waals surface area contributed by atoms with Gasteiger partial charge in [-0.15, -0.1) is 0 Å². The van der Waals surface area contributed by atoms with Gasteiger partial charge in [-0.3, -0.25) is 29.0 Å². The third-order valence-corrected chi connectivity index (χ3v) is 7.34. The number of hydrogen-bond donors (Lipinski definition) is 1. The second-order valence-corrected chi connectivity index (χ2v) is 9.28. The Morgan fingerprint density at radius 1 is 1.12 bits per heavy atom. The molecule has 0 saturated carbocycles. The minimum atomic E-state index is -1.51. The molecule has 2 atom stereocenters. The molecule has 5 heterocycles. The van der Waals surface area contributed by atoms with Crippen molar-refractivity contribution >= 4 is 29.3 Å². The van der Waals surface area contributed by atoms with Crippen LogP contribution in [0.2, 0.25) is 0 Å². The second-order valence-electron chi connectivity index (χ2n) is 9.28. The second kappa shape index (κ2) is 8.28. The van der Waals surface area contributed by atoms with Crippen LogP contribution in [-0.4, -0.2) is 51.3 Å². The molecule has 2 aromatic heterocycles. The largest absolute Gasteiger partial charge is 0.352 e. The van der Waals surface area contributed by atoms with Crippen LogP contribution in [0.1, 0.15) is 57.4 Å². The van der Waals surface area contributed by atoms with Crippen LogP contribution in [0.4, 0.5) is 10.6 Å². The monoisotopic (exact) mass is 451 g/mol. The van der Waals surface area contributed by atoms with Gasteiger partial charge in [-0.2, -0.15) is 0 Å². The molecule has 0 aromatic carbocycles. The molecule has 174 valence electrons. The molecule has 9 nitrogen and oxygen atoms in total. The first-order valence-electron chi connectivity index (χ1n) is 11.9. The zero-order valence-corrected chi connectivity index (χ0v) is 18.9. The standard InChI is InChI=1S/C24H29N5O4/c1-2-3-7-14-29-22(32)24(21(31)26-23(29)33)15-16-19(27-12-8-4-5-10-17(24)27)25-18-11-6-9-13-28(18)20(16)30/h6,9,11,13,17H,2-5,7-8,10,12,14-15H2,1H3,(H,26,31,33)/t17-,24-/m1/s1. The molecule has 9 heteroatoms. The number of carbonyl (C=O) groups excluding carboxylic acids is 3. The summed E-state index contributed by atoms with van der Waals surface area (Å²) in [5, 5.41) is 2.46. The van der Waals surface area contributed by atoms with E-state index in [1.807, 2.05) is 11.0 Å². The van der Waals surface area contributed by atoms with Crippen LogP contribution in [0.25, 0.3) is 5.65 Å². The number of rotatable bonds is 4. The SMILES string of the molecule is CCCCCN1C(=O)NC(=O)[C@]2(Cc3c(nc4ccccn4c3=O)N3CCCCC[C@@H]32)C1=O. The van der Waals surface area contributed by atoms with Gasteiger partial charge in [0.15, 0.2) is 5.41 Å². The van der Waals surface area contributed by atoms with Gasteiger partial charge in [0.05, 0.1) is 11.6 Å². The van der Waals surface area contributed by atoms with Gasteiger partial charge in [-0.25, -0.2) is 9.78 Å². The number of aromatic nitrogens is 2. The average Bonchev–Trinajstić information content (AvgIpc) is 3.07. The van der Waals surface area contributed by atoms with Crippen LogP contribution in [0, 0.1) is 5.41 Å². The lowest BCUT2D eigenvalue weighted by Crippen LogP contribution is -2.72. The maximum Gasteiger partial charge on any atom is 0.330 e. The van der Waals surface area contributed by atoms with E-state index in [1.54, 1.807) is 18.3 Å². The highest BCUT2D eigenvalue weighted by atomic mass is 16.2. The summed E-state index contributed by atoms with van der Waals surface area (Å²) in [4.78, 5) is 61.6. The van der Waals surface area contributed by atoms with Crippen LogP contribution in [0.5, 0.6) is 0 Å². The number of carbonyl (C=O) groups is 3. The molecule has 0 bridgehead atoms. The molecular weight excluding hydrogens is 422 g/mol. The highest BCUT2D eigenvalue weighted by Gasteiger charge is 2.62. The van der Waals surface area contributed by atoms with Crippen molar-refractivity contribution in [1.29, 1.82) is 0 Å². The summed E-state index contributed by atoms with van der Waals surface area (Å²) in [7, 11) is 0. The summed E-state index contributed by atoms with van der Waals surface area (Å²) in [6.45, 7) is 2.93. The average molecular weight is 452 g/mol. The van der Waals surface area contributed by atoms with Gasteiger partial charge in [0.2, 0.25) is 11.8 Å². The first-order chi connectivity index (χ1) is 16.0. The van der Waals surface area contributed by atoms with E-state index in [4.69, 9.17) is 4.98 Å². The molecule has 0 radical (unpaired) electrons. The third-order valence-electron chi connectivity index (χ3n) is 7.34. The first-order valence-corrected chi connectivity index (χ1v) is 11.9. The zero-order chi connectivity index (χ0) is 23.2. The lowest BCUT2D eigenvalue weighted by atomic mass is 9.68. The van der Waals surface area contributed by atoms with Crippen LogP contribution in [0.15, 0.2) is 29.2 Å². The van der Waals surface area contributed by atoms with Gasteiger partial charge in [0, 0.05) is 25.7 Å². The number of urea groups is 1. The number of nitrogens with one attached hydrogen (secondary N) is 1. The fourth-order valence-electron chi connectivity index (χ4n) is 5.66. The Hall–Kier alpha value is -3.23. The van der Waals surface area contributed by atoms with E-state index < -0.39 is 29.3 Å². The summed E-state index contributed by atoms with van der Waals surface area (Å²) < 4.78 is 1.46. The highest BCUT2D eigenvalue weighted by molar-refractivity contribution is 6.20. The van der Waals surface area contributed by atoms with E-state index in [-0.39, 0.29) is 18.5 Å². The molecule has 2 aromatic rings. The van der Waals surface area contributed by atoms with Crippen LogP contribution in [0.3, 0.4) is 0 Å². The maximum absolute atomic E-state index is 14.0. The number of anilines is 1. The van der Waals surface area contributed by atoms with Crippen LogP contribution < -0.4 is 15.8 Å². The third kappa shape index (κ3) is 3.24. The van der Waals surface area contributed by atoms with Crippen molar-refractivity contribution in [3.8, 4) is 0 Å². The maximum atomic E-state index is 14.0. The van der Waals surface area contributed by atoms with Crippen LogP contribution in [-0.2, 0) is 16.0 Å². The van der Waals surface area contributed by atoms with Crippen molar-refractivity contribution < 1.29 is 14.4 Å². The Morgan fingerprint density at radius 2 is 1.97 bits per heavy atom. The number of hydrogen-bond acceptors (Lipinski definition) is 6. The Labute approximate surface area is 191 Å². The summed E-state index contributed by atoms with van der Waals surface area (Å²) in [5.41, 5.74) is -0.881. The number of imide groups is 2. The van der Waals surface area contributed by atoms with E-state index in [0.29, 0.717) is 36.4 Å². The van der Waals surface area contributed by atoms with Gasteiger partial charge < -0.3 is 4.90 Å². The van der Waals surface area contributed by atoms with E-state index in [9.17, 15) is 19.2 Å². The first kappa shape index (κ1) is 21.6. The van der Waals surface area contributed by atoms with Crippen molar-refractivity contribution in [2.24, 2.45) is 5.41 Å². The molecule has 2 saturated heterocycles. The fourth-order valence-corrected chi connectivity index (χ4v) is 5.66. The molecule has 3 aliphatic heterocycles. The Kier molecular flexibility index (Phi) is 5.42. The van der Waals surface area contributed by atoms with Crippen molar-refractivity contribution in [3.63, 3.8) is 0 Å². The predicted molar refractivity (Wildman–Crippen MR) is 122 cm³/mol. The smallest absolute Gasteiger partial charge is 0.330 e. The molecule has 3 aliphatic rings. The number of barbiturate groups is 1. The molecule has 1 N–H and O–H groups in total. The Balaban J connectivity index is 1.68. The number of fused-ring (bicyclic) bond motifs is 5. The number of amides is 4. The molecular formula is C24H29N5O4. The minimum absolute atomic E-state index is 0.0462. The van der Waals surface area contributed by atoms with Gasteiger partial charge >= 0.3 is 6.03 Å². The van der Waals surface area contributed by atoms with E-state index in [0.717, 1.165) is 32.1 Å². The van der Waals surface area contributed by atoms with E-state index >= 15 is 0 Å². The molecule has 1 spiro atoms. The zero-order valence-electron chi connectivity index (χ0n) is 18.9. The molecule has 2 fully saturated rings. The normalized spacial score (nSPS) is 25.1. The van der Waals surface area contributed by atoms with E-state index in [2.05, 4.69) is 12.2 Å². The summed E-state index contributed by atoms with van der Waals surface area (Å²) in [5.74, 6) is -0.504. The van der Waals surface area contributed by atoms with Gasteiger partial charge in [-0.1, -0.05) is 38.7 Å². The molecule has 0 aliphatic carbocycles. The quantitative estimate of drug-likeness (QED) is 0.565. The summed E-state index contributed by atoms with van der Waals surface area (Å²) in [6, 6.07) is 4.26. The number of pyridine rings is 1. The van der Waals surface area contributed by atoms with E-state index in [1.165, 1.54) is 9.30 Å². The molecule has 0 unspecified atom stereocenters. The molecule has 4 amide bonds. The van der Waals surface area contributed by atoms with Crippen molar-refractivity contribution in [2.45, 2.75) is 64.3 Å². The van der Waals surface area contributed by atoms with Gasteiger partial charge in [-0.05, 0) is 31.4 Å². The van der Waals surface area contributed by atoms with Crippen molar-refractivity contribution in [2.75, 3.05) is 18.0 Å². The van der Waals surface area contributed by atoms with Crippen molar-refractivity contribution in [1.82, 2.24) is 19.6 Å². The van der Waals surface area contributed by atoms with Gasteiger partial charge in [0.25, 0.3) is 5.56 Å². The topological polar surface area (TPSA) is 104 Å². The highest BCUT2D eigenvalue weighted by Crippen LogP contribution is 2.45. The number of unbranched alkanes of at least 4 members (excludes halogenated alkanes) is 2. The Morgan fingerprint density at radius 3 is 2.79 bits per heavy atom. The number of nitrogens with zero attached hydrogens (tertiary/aromatic N) is 4. The predicted octanol–water partition coefficient (Wildman–Crippen LogP) is 2.25. The summed E-state index contributed by atoms with van der Waals surface area (Å²) >= 11 is 0.